The van der Waals surface area contributed by atoms with Crippen LogP contribution in [0.4, 0.5) is 0 Å². The molecule has 14 heavy (non-hydrogen) atoms. The van der Waals surface area contributed by atoms with Crippen molar-refractivity contribution in [1.29, 1.82) is 0 Å². The van der Waals surface area contributed by atoms with Gasteiger partial charge in [0.2, 0.25) is 0 Å². The molecule has 0 aromatic carbocycles. The number of hydrogen-bond acceptors (Lipinski definition) is 0. The Labute approximate surface area is 94.4 Å². The molecule has 0 bridgehead atoms. The van der Waals surface area contributed by atoms with Gasteiger partial charge in [0.25, 0.3) is 0 Å². The van der Waals surface area contributed by atoms with E-state index in [4.69, 9.17) is 0 Å². The first-order valence-electron chi connectivity index (χ1n) is 5.52. The van der Waals surface area contributed by atoms with E-state index in [2.05, 4.69) is 45.9 Å². The summed E-state index contributed by atoms with van der Waals surface area (Å²) >= 11 is -0.649. The second-order valence-electron chi connectivity index (χ2n) is 4.73. The SMILES string of the molecule is CC(C)[CH2][Ru]([CH2]C(C)C)[C]1=CC=CC1. The number of allylic oxidation sites excluding steroid dienone is 4. The molecule has 0 heterocycles. The Morgan fingerprint density at radius 2 is 1.71 bits per heavy atom. The standard InChI is InChI=1S/C5H5.2C4H9.Ru/c1-2-4-5-3-1;2*1-4(2)3;/h1-3H,4H2;2*4H,1H2,2-3H3;. The molecule has 0 aromatic rings. The molecule has 0 spiro atoms. The molecule has 0 aromatic heterocycles. The summed E-state index contributed by atoms with van der Waals surface area (Å²) in [6.07, 6.45) is 8.22. The summed E-state index contributed by atoms with van der Waals surface area (Å²) in [6, 6.07) is 0. The zero-order valence-electron chi connectivity index (χ0n) is 9.86. The maximum absolute atomic E-state index is 2.39. The Morgan fingerprint density at radius 1 is 1.14 bits per heavy atom. The molecule has 1 aliphatic carbocycles. The molecule has 0 radical (unpaired) electrons. The fourth-order valence-electron chi connectivity index (χ4n) is 1.54. The van der Waals surface area contributed by atoms with Gasteiger partial charge in [0.05, 0.1) is 0 Å². The molecule has 0 aliphatic heterocycles. The quantitative estimate of drug-likeness (QED) is 0.646. The van der Waals surface area contributed by atoms with E-state index in [1.54, 1.807) is 4.17 Å². The van der Waals surface area contributed by atoms with Gasteiger partial charge in [-0.1, -0.05) is 0 Å². The molecular formula is C13H23Ru. The summed E-state index contributed by atoms with van der Waals surface area (Å²) in [7, 11) is 0. The summed E-state index contributed by atoms with van der Waals surface area (Å²) in [4.78, 5) is 0. The maximum atomic E-state index is 2.39. The van der Waals surface area contributed by atoms with Gasteiger partial charge in [0.1, 0.15) is 0 Å². The molecular weight excluding hydrogens is 257 g/mol. The van der Waals surface area contributed by atoms with Crippen LogP contribution in [0.3, 0.4) is 0 Å². The molecule has 0 nitrogen and oxygen atoms in total. The monoisotopic (exact) mass is 281 g/mol. The van der Waals surface area contributed by atoms with Gasteiger partial charge in [-0.3, -0.25) is 0 Å². The van der Waals surface area contributed by atoms with Gasteiger partial charge < -0.3 is 0 Å². The Morgan fingerprint density at radius 3 is 2.07 bits per heavy atom. The first kappa shape index (κ1) is 12.2. The van der Waals surface area contributed by atoms with Crippen LogP contribution in [-0.2, 0) is 16.0 Å². The van der Waals surface area contributed by atoms with Gasteiger partial charge in [0.15, 0.2) is 0 Å². The van der Waals surface area contributed by atoms with Crippen LogP contribution >= 0.6 is 0 Å². The van der Waals surface area contributed by atoms with Crippen molar-refractivity contribution in [2.75, 3.05) is 0 Å². The van der Waals surface area contributed by atoms with E-state index < -0.39 is 16.0 Å². The normalized spacial score (nSPS) is 16.7. The fourth-order valence-corrected chi connectivity index (χ4v) is 7.45. The van der Waals surface area contributed by atoms with Crippen LogP contribution in [-0.4, -0.2) is 0 Å². The second kappa shape index (κ2) is 5.86. The Balaban J connectivity index is 2.52. The van der Waals surface area contributed by atoms with Crippen LogP contribution < -0.4 is 0 Å². The molecule has 1 rings (SSSR count). The van der Waals surface area contributed by atoms with Crippen molar-refractivity contribution in [3.8, 4) is 0 Å². The van der Waals surface area contributed by atoms with Crippen molar-refractivity contribution >= 4 is 0 Å². The van der Waals surface area contributed by atoms with Crippen LogP contribution in [0.2, 0.25) is 10.0 Å². The third-order valence-electron chi connectivity index (χ3n) is 1.96. The first-order valence-corrected chi connectivity index (χ1v) is 8.85. The van der Waals surface area contributed by atoms with Crippen LogP contribution in [0, 0.1) is 11.8 Å². The Bertz CT molecular complexity index is 213. The zero-order chi connectivity index (χ0) is 10.6. The van der Waals surface area contributed by atoms with Gasteiger partial charge >= 0.3 is 94.3 Å². The Hall–Kier alpha value is 0.103. The predicted octanol–water partition coefficient (Wildman–Crippen LogP) is 4.60. The second-order valence-corrected chi connectivity index (χ2v) is 9.37. The van der Waals surface area contributed by atoms with Crippen molar-refractivity contribution in [1.82, 2.24) is 0 Å². The third kappa shape index (κ3) is 4.09. The summed E-state index contributed by atoms with van der Waals surface area (Å²) in [5.74, 6) is 1.77. The molecule has 0 saturated heterocycles. The van der Waals surface area contributed by atoms with Crippen LogP contribution in [0.15, 0.2) is 22.4 Å². The minimum absolute atomic E-state index is 0.649. The van der Waals surface area contributed by atoms with E-state index in [1.807, 2.05) is 0 Å². The zero-order valence-corrected chi connectivity index (χ0v) is 11.6. The average molecular weight is 280 g/mol. The number of hydrogen-bond donors (Lipinski definition) is 0. The van der Waals surface area contributed by atoms with Crippen molar-refractivity contribution in [3.63, 3.8) is 0 Å². The average Bonchev–Trinajstić information content (AvgIpc) is 2.52. The topological polar surface area (TPSA) is 0 Å². The van der Waals surface area contributed by atoms with Crippen molar-refractivity contribution in [2.24, 2.45) is 11.8 Å². The van der Waals surface area contributed by atoms with Gasteiger partial charge in [-0.2, -0.15) is 0 Å². The van der Waals surface area contributed by atoms with Gasteiger partial charge in [-0.25, -0.2) is 0 Å². The third-order valence-corrected chi connectivity index (χ3v) is 8.74. The van der Waals surface area contributed by atoms with E-state index in [9.17, 15) is 0 Å². The molecule has 0 atom stereocenters. The van der Waals surface area contributed by atoms with Crippen molar-refractivity contribution in [2.45, 2.75) is 44.1 Å². The van der Waals surface area contributed by atoms with E-state index in [-0.39, 0.29) is 0 Å². The Kier molecular flexibility index (Phi) is 5.09. The summed E-state index contributed by atoms with van der Waals surface area (Å²) in [5.41, 5.74) is 0. The molecule has 0 fully saturated rings. The molecule has 1 aliphatic rings. The minimum atomic E-state index is -0.649. The van der Waals surface area contributed by atoms with E-state index >= 15 is 0 Å². The number of rotatable bonds is 5. The molecule has 1 heteroatoms. The molecule has 0 N–H and O–H groups in total. The summed E-state index contributed by atoms with van der Waals surface area (Å²) in [5, 5.41) is 2.99. The van der Waals surface area contributed by atoms with Crippen molar-refractivity contribution < 1.29 is 16.0 Å². The van der Waals surface area contributed by atoms with Gasteiger partial charge in [-0.15, -0.1) is 0 Å². The van der Waals surface area contributed by atoms with Gasteiger partial charge in [-0.05, 0) is 0 Å². The van der Waals surface area contributed by atoms with Crippen LogP contribution in [0.1, 0.15) is 34.1 Å². The summed E-state index contributed by atoms with van der Waals surface area (Å²) in [6.45, 7) is 9.46. The predicted molar refractivity (Wildman–Crippen MR) is 61.1 cm³/mol. The molecule has 83 valence electrons. The van der Waals surface area contributed by atoms with Crippen LogP contribution in [0.5, 0.6) is 0 Å². The van der Waals surface area contributed by atoms with Crippen molar-refractivity contribution in [3.05, 3.63) is 22.4 Å². The van der Waals surface area contributed by atoms with E-state index in [1.165, 1.54) is 16.5 Å². The van der Waals surface area contributed by atoms with E-state index in [0.29, 0.717) is 0 Å². The van der Waals surface area contributed by atoms with E-state index in [0.717, 1.165) is 11.8 Å². The first-order chi connectivity index (χ1) is 6.59. The molecule has 0 saturated carbocycles. The fraction of sp³-hybridized carbons (Fsp3) is 0.692. The summed E-state index contributed by atoms with van der Waals surface area (Å²) < 4.78 is 1.80. The molecule has 0 unspecified atom stereocenters. The van der Waals surface area contributed by atoms with Crippen LogP contribution in [0.25, 0.3) is 0 Å². The molecule has 0 amide bonds. The van der Waals surface area contributed by atoms with Gasteiger partial charge in [0, 0.05) is 0 Å².